The van der Waals surface area contributed by atoms with Crippen LogP contribution in [0.25, 0.3) is 0 Å². The van der Waals surface area contributed by atoms with Gasteiger partial charge in [0, 0.05) is 25.6 Å². The second-order valence-electron chi connectivity index (χ2n) is 4.72. The summed E-state index contributed by atoms with van der Waals surface area (Å²) in [6.45, 7) is 3.72. The summed E-state index contributed by atoms with van der Waals surface area (Å²) in [6, 6.07) is 0. The fourth-order valence-corrected chi connectivity index (χ4v) is 2.33. The third-order valence-electron chi connectivity index (χ3n) is 3.48. The molecule has 1 heterocycles. The predicted molar refractivity (Wildman–Crippen MR) is 66.0 cm³/mol. The molecule has 0 aromatic heterocycles. The first-order valence-electron chi connectivity index (χ1n) is 6.38. The molecule has 0 aliphatic carbocycles. The smallest absolute Gasteiger partial charge is 0.226 e. The standard InChI is InChI=1S/C12H23N3O2/c1-2-3-10(8-13)12(17)15-6-4-9(5-7-15)11(14)16/h9-10H,2-8,13H2,1H3,(H2,14,16). The Morgan fingerprint density at radius 3 is 2.35 bits per heavy atom. The van der Waals surface area contributed by atoms with E-state index in [0.29, 0.717) is 32.5 Å². The number of primary amides is 1. The Bertz CT molecular complexity index is 273. The molecule has 0 radical (unpaired) electrons. The first kappa shape index (κ1) is 14.0. The molecule has 1 aliphatic rings. The van der Waals surface area contributed by atoms with Gasteiger partial charge < -0.3 is 16.4 Å². The van der Waals surface area contributed by atoms with Crippen LogP contribution in [0.4, 0.5) is 0 Å². The van der Waals surface area contributed by atoms with Crippen molar-refractivity contribution in [2.24, 2.45) is 23.3 Å². The number of hydrogen-bond donors (Lipinski definition) is 2. The molecule has 5 heteroatoms. The highest BCUT2D eigenvalue weighted by Gasteiger charge is 2.28. The van der Waals surface area contributed by atoms with E-state index >= 15 is 0 Å². The summed E-state index contributed by atoms with van der Waals surface area (Å²) >= 11 is 0. The van der Waals surface area contributed by atoms with E-state index in [1.807, 2.05) is 4.90 Å². The number of rotatable bonds is 5. The number of piperidine rings is 1. The van der Waals surface area contributed by atoms with Gasteiger partial charge in [0.05, 0.1) is 5.92 Å². The molecule has 0 aromatic rings. The Labute approximate surface area is 103 Å². The molecule has 5 nitrogen and oxygen atoms in total. The predicted octanol–water partition coefficient (Wildman–Crippen LogP) is 0.0853. The van der Waals surface area contributed by atoms with Crippen molar-refractivity contribution in [2.75, 3.05) is 19.6 Å². The van der Waals surface area contributed by atoms with Crippen molar-refractivity contribution in [1.82, 2.24) is 4.90 Å². The molecule has 1 rings (SSSR count). The highest BCUT2D eigenvalue weighted by Crippen LogP contribution is 2.19. The largest absolute Gasteiger partial charge is 0.369 e. The van der Waals surface area contributed by atoms with E-state index in [4.69, 9.17) is 11.5 Å². The van der Waals surface area contributed by atoms with Crippen molar-refractivity contribution in [3.63, 3.8) is 0 Å². The van der Waals surface area contributed by atoms with Gasteiger partial charge in [-0.05, 0) is 19.3 Å². The monoisotopic (exact) mass is 241 g/mol. The molecule has 0 spiro atoms. The van der Waals surface area contributed by atoms with Crippen molar-refractivity contribution < 1.29 is 9.59 Å². The minimum Gasteiger partial charge on any atom is -0.369 e. The average molecular weight is 241 g/mol. The van der Waals surface area contributed by atoms with Gasteiger partial charge in [-0.25, -0.2) is 0 Å². The lowest BCUT2D eigenvalue weighted by molar-refractivity contribution is -0.138. The van der Waals surface area contributed by atoms with Gasteiger partial charge in [0.2, 0.25) is 11.8 Å². The highest BCUT2D eigenvalue weighted by atomic mass is 16.2. The maximum Gasteiger partial charge on any atom is 0.226 e. The SMILES string of the molecule is CCCC(CN)C(=O)N1CCC(C(N)=O)CC1. The minimum atomic E-state index is -0.249. The number of carbonyl (C=O) groups excluding carboxylic acids is 2. The van der Waals surface area contributed by atoms with Crippen LogP contribution in [0.3, 0.4) is 0 Å². The molecule has 98 valence electrons. The van der Waals surface area contributed by atoms with Crippen molar-refractivity contribution >= 4 is 11.8 Å². The molecule has 0 saturated carbocycles. The van der Waals surface area contributed by atoms with Crippen molar-refractivity contribution in [3.05, 3.63) is 0 Å². The number of likely N-dealkylation sites (tertiary alicyclic amines) is 1. The molecule has 0 aromatic carbocycles. The van der Waals surface area contributed by atoms with Crippen LogP contribution >= 0.6 is 0 Å². The second kappa shape index (κ2) is 6.59. The molecule has 1 atom stereocenters. The van der Waals surface area contributed by atoms with Crippen LogP contribution in [-0.4, -0.2) is 36.3 Å². The summed E-state index contributed by atoms with van der Waals surface area (Å²) in [5, 5.41) is 0. The van der Waals surface area contributed by atoms with E-state index in [9.17, 15) is 9.59 Å². The van der Waals surface area contributed by atoms with E-state index in [2.05, 4.69) is 6.92 Å². The summed E-state index contributed by atoms with van der Waals surface area (Å²) in [4.78, 5) is 25.0. The van der Waals surface area contributed by atoms with Gasteiger partial charge >= 0.3 is 0 Å². The van der Waals surface area contributed by atoms with Crippen LogP contribution in [-0.2, 0) is 9.59 Å². The van der Waals surface area contributed by atoms with Crippen LogP contribution < -0.4 is 11.5 Å². The van der Waals surface area contributed by atoms with Gasteiger partial charge in [-0.3, -0.25) is 9.59 Å². The Balaban J connectivity index is 2.47. The zero-order chi connectivity index (χ0) is 12.8. The Morgan fingerprint density at radius 1 is 1.35 bits per heavy atom. The quantitative estimate of drug-likeness (QED) is 0.714. The summed E-state index contributed by atoms with van der Waals surface area (Å²) in [5.41, 5.74) is 10.9. The highest BCUT2D eigenvalue weighted by molar-refractivity contribution is 5.80. The third kappa shape index (κ3) is 3.70. The van der Waals surface area contributed by atoms with Gasteiger partial charge in [0.15, 0.2) is 0 Å². The summed E-state index contributed by atoms with van der Waals surface area (Å²) in [5.74, 6) is -0.245. The van der Waals surface area contributed by atoms with Crippen molar-refractivity contribution in [2.45, 2.75) is 32.6 Å². The van der Waals surface area contributed by atoms with Crippen LogP contribution in [0.1, 0.15) is 32.6 Å². The maximum atomic E-state index is 12.1. The van der Waals surface area contributed by atoms with Crippen LogP contribution in [0.15, 0.2) is 0 Å². The van der Waals surface area contributed by atoms with Crippen LogP contribution in [0.5, 0.6) is 0 Å². The number of amides is 2. The Hall–Kier alpha value is -1.10. The molecule has 1 fully saturated rings. The van der Waals surface area contributed by atoms with Gasteiger partial charge in [-0.2, -0.15) is 0 Å². The zero-order valence-electron chi connectivity index (χ0n) is 10.5. The minimum absolute atomic E-state index is 0.0647. The van der Waals surface area contributed by atoms with Gasteiger partial charge in [0.1, 0.15) is 0 Å². The number of nitrogens with two attached hydrogens (primary N) is 2. The molecule has 2 amide bonds. The number of hydrogen-bond acceptors (Lipinski definition) is 3. The van der Waals surface area contributed by atoms with Crippen molar-refractivity contribution in [3.8, 4) is 0 Å². The molecule has 17 heavy (non-hydrogen) atoms. The number of carbonyl (C=O) groups is 2. The lowest BCUT2D eigenvalue weighted by Gasteiger charge is -2.32. The maximum absolute atomic E-state index is 12.1. The van der Waals surface area contributed by atoms with E-state index in [1.54, 1.807) is 0 Å². The van der Waals surface area contributed by atoms with Gasteiger partial charge in [0.25, 0.3) is 0 Å². The lowest BCUT2D eigenvalue weighted by atomic mass is 9.94. The summed E-state index contributed by atoms with van der Waals surface area (Å²) < 4.78 is 0. The molecule has 1 unspecified atom stereocenters. The lowest BCUT2D eigenvalue weighted by Crippen LogP contribution is -2.45. The second-order valence-corrected chi connectivity index (χ2v) is 4.72. The number of nitrogens with zero attached hydrogens (tertiary/aromatic N) is 1. The molecular weight excluding hydrogens is 218 g/mol. The third-order valence-corrected chi connectivity index (χ3v) is 3.48. The first-order chi connectivity index (χ1) is 8.10. The van der Waals surface area contributed by atoms with E-state index in [-0.39, 0.29) is 23.7 Å². The van der Waals surface area contributed by atoms with Crippen LogP contribution in [0, 0.1) is 11.8 Å². The fraction of sp³-hybridized carbons (Fsp3) is 0.833. The fourth-order valence-electron chi connectivity index (χ4n) is 2.33. The van der Waals surface area contributed by atoms with Crippen molar-refractivity contribution in [1.29, 1.82) is 0 Å². The molecular formula is C12H23N3O2. The summed E-state index contributed by atoms with van der Waals surface area (Å²) in [7, 11) is 0. The Kier molecular flexibility index (Phi) is 5.41. The normalized spacial score (nSPS) is 19.1. The van der Waals surface area contributed by atoms with E-state index in [0.717, 1.165) is 12.8 Å². The Morgan fingerprint density at radius 2 is 1.94 bits per heavy atom. The van der Waals surface area contributed by atoms with Gasteiger partial charge in [-0.15, -0.1) is 0 Å². The van der Waals surface area contributed by atoms with E-state index < -0.39 is 0 Å². The first-order valence-corrected chi connectivity index (χ1v) is 6.38. The van der Waals surface area contributed by atoms with E-state index in [1.165, 1.54) is 0 Å². The summed E-state index contributed by atoms with van der Waals surface area (Å²) in [6.07, 6.45) is 3.17. The molecule has 0 bridgehead atoms. The molecule has 1 saturated heterocycles. The topological polar surface area (TPSA) is 89.4 Å². The van der Waals surface area contributed by atoms with Crippen LogP contribution in [0.2, 0.25) is 0 Å². The zero-order valence-corrected chi connectivity index (χ0v) is 10.5. The van der Waals surface area contributed by atoms with Gasteiger partial charge in [-0.1, -0.05) is 13.3 Å². The average Bonchev–Trinajstić information content (AvgIpc) is 2.35. The molecule has 1 aliphatic heterocycles. The molecule has 4 N–H and O–H groups in total.